The van der Waals surface area contributed by atoms with Gasteiger partial charge in [-0.2, -0.15) is 11.2 Å². The molecule has 1 aliphatic rings. The Hall–Kier alpha value is -0.543. The molecule has 0 saturated heterocycles. The van der Waals surface area contributed by atoms with Crippen molar-refractivity contribution in [3.63, 3.8) is 0 Å². The SMILES string of the molecule is C[Si](C)(C)Sc1ccccc1C=NC1CCCCC1. The molecule has 0 unspecified atom stereocenters. The van der Waals surface area contributed by atoms with E-state index in [0.29, 0.717) is 6.04 Å². The lowest BCUT2D eigenvalue weighted by Gasteiger charge is -2.18. The average molecular weight is 292 g/mol. The summed E-state index contributed by atoms with van der Waals surface area (Å²) in [5.41, 5.74) is 1.31. The van der Waals surface area contributed by atoms with Gasteiger partial charge in [-0.25, -0.2) is 0 Å². The third-order valence-electron chi connectivity index (χ3n) is 3.33. The summed E-state index contributed by atoms with van der Waals surface area (Å²) in [6.45, 7) is 7.19. The van der Waals surface area contributed by atoms with E-state index in [2.05, 4.69) is 61.3 Å². The van der Waals surface area contributed by atoms with E-state index in [9.17, 15) is 0 Å². The second kappa shape index (κ2) is 6.75. The van der Waals surface area contributed by atoms with Gasteiger partial charge in [0.2, 0.25) is 0 Å². The van der Waals surface area contributed by atoms with Crippen LogP contribution in [0.2, 0.25) is 19.6 Å². The molecule has 1 aromatic rings. The van der Waals surface area contributed by atoms with Gasteiger partial charge in [-0.15, -0.1) is 0 Å². The Morgan fingerprint density at radius 3 is 2.47 bits per heavy atom. The second-order valence-electron chi connectivity index (χ2n) is 6.32. The first-order valence-electron chi connectivity index (χ1n) is 7.36. The van der Waals surface area contributed by atoms with Gasteiger partial charge in [0.25, 0.3) is 0 Å². The van der Waals surface area contributed by atoms with E-state index < -0.39 is 7.22 Å². The number of rotatable bonds is 4. The third-order valence-corrected chi connectivity index (χ3v) is 7.04. The molecule has 0 aliphatic heterocycles. The highest BCUT2D eigenvalue weighted by Gasteiger charge is 2.16. The zero-order chi connectivity index (χ0) is 13.7. The summed E-state index contributed by atoms with van der Waals surface area (Å²) in [6, 6.07) is 9.27. The van der Waals surface area contributed by atoms with Gasteiger partial charge in [-0.3, -0.25) is 4.99 Å². The fraction of sp³-hybridized carbons (Fsp3) is 0.562. The molecule has 3 heteroatoms. The number of hydrogen-bond donors (Lipinski definition) is 0. The first-order chi connectivity index (χ1) is 9.04. The van der Waals surface area contributed by atoms with Gasteiger partial charge >= 0.3 is 0 Å². The van der Waals surface area contributed by atoms with E-state index in [1.165, 1.54) is 42.6 Å². The molecule has 2 rings (SSSR count). The van der Waals surface area contributed by atoms with Crippen LogP contribution in [0.1, 0.15) is 37.7 Å². The Labute approximate surface area is 122 Å². The van der Waals surface area contributed by atoms with Crippen molar-refractivity contribution in [2.45, 2.75) is 62.7 Å². The van der Waals surface area contributed by atoms with E-state index in [0.717, 1.165) is 0 Å². The van der Waals surface area contributed by atoms with Crippen LogP contribution >= 0.6 is 11.2 Å². The Balaban J connectivity index is 2.08. The predicted octanol–water partition coefficient (Wildman–Crippen LogP) is 5.37. The van der Waals surface area contributed by atoms with Crippen molar-refractivity contribution in [3.8, 4) is 0 Å². The molecule has 104 valence electrons. The van der Waals surface area contributed by atoms with Gasteiger partial charge in [0.15, 0.2) is 0 Å². The molecule has 0 N–H and O–H groups in total. The lowest BCUT2D eigenvalue weighted by atomic mass is 9.96. The topological polar surface area (TPSA) is 12.4 Å². The van der Waals surface area contributed by atoms with Crippen LogP contribution < -0.4 is 0 Å². The van der Waals surface area contributed by atoms with Crippen LogP contribution in [0.5, 0.6) is 0 Å². The fourth-order valence-corrected chi connectivity index (χ4v) is 6.01. The maximum atomic E-state index is 4.82. The summed E-state index contributed by atoms with van der Waals surface area (Å²) in [7, 11) is -1.14. The van der Waals surface area contributed by atoms with Crippen LogP contribution in [0, 0.1) is 0 Å². The molecule has 0 amide bonds. The largest absolute Gasteiger partial charge is 0.289 e. The second-order valence-corrected chi connectivity index (χ2v) is 15.5. The highest BCUT2D eigenvalue weighted by molar-refractivity contribution is 8.28. The third kappa shape index (κ3) is 5.15. The fourth-order valence-electron chi connectivity index (χ4n) is 2.43. The van der Waals surface area contributed by atoms with E-state index >= 15 is 0 Å². The zero-order valence-electron chi connectivity index (χ0n) is 12.4. The average Bonchev–Trinajstić information content (AvgIpc) is 2.37. The van der Waals surface area contributed by atoms with E-state index in [4.69, 9.17) is 4.99 Å². The van der Waals surface area contributed by atoms with Crippen molar-refractivity contribution in [2.75, 3.05) is 0 Å². The van der Waals surface area contributed by atoms with Crippen LogP contribution in [-0.2, 0) is 0 Å². The zero-order valence-corrected chi connectivity index (χ0v) is 14.2. The number of benzene rings is 1. The van der Waals surface area contributed by atoms with Crippen molar-refractivity contribution in [2.24, 2.45) is 4.99 Å². The minimum atomic E-state index is -1.14. The summed E-state index contributed by atoms with van der Waals surface area (Å²) in [5.74, 6) is 0. The lowest BCUT2D eigenvalue weighted by Crippen LogP contribution is -2.14. The number of aliphatic imine (C=N–C) groups is 1. The van der Waals surface area contributed by atoms with Crippen LogP contribution in [0.15, 0.2) is 34.2 Å². The van der Waals surface area contributed by atoms with Gasteiger partial charge in [-0.1, -0.05) is 57.1 Å². The van der Waals surface area contributed by atoms with Crippen molar-refractivity contribution >= 4 is 24.6 Å². The normalized spacial score (nSPS) is 18.1. The van der Waals surface area contributed by atoms with Gasteiger partial charge < -0.3 is 0 Å². The summed E-state index contributed by atoms with van der Waals surface area (Å²) >= 11 is 2.06. The van der Waals surface area contributed by atoms with Crippen molar-refractivity contribution < 1.29 is 0 Å². The van der Waals surface area contributed by atoms with Gasteiger partial charge in [-0.05, 0) is 18.9 Å². The molecule has 1 aromatic carbocycles. The Kier molecular flexibility index (Phi) is 5.28. The molecule has 0 atom stereocenters. The van der Waals surface area contributed by atoms with E-state index in [1.54, 1.807) is 0 Å². The molecule has 0 aromatic heterocycles. The molecule has 0 bridgehead atoms. The Bertz CT molecular complexity index is 431. The van der Waals surface area contributed by atoms with Crippen LogP contribution in [0.3, 0.4) is 0 Å². The van der Waals surface area contributed by atoms with Crippen molar-refractivity contribution in [1.29, 1.82) is 0 Å². The van der Waals surface area contributed by atoms with E-state index in [-0.39, 0.29) is 0 Å². The molecular weight excluding hydrogens is 266 g/mol. The van der Waals surface area contributed by atoms with E-state index in [1.807, 2.05) is 0 Å². The minimum Gasteiger partial charge on any atom is -0.289 e. The summed E-state index contributed by atoms with van der Waals surface area (Å²) in [6.07, 6.45) is 8.78. The molecule has 0 spiro atoms. The minimum absolute atomic E-state index is 0.568. The molecule has 1 aliphatic carbocycles. The van der Waals surface area contributed by atoms with Crippen molar-refractivity contribution in [1.82, 2.24) is 0 Å². The standard InChI is InChI=1S/C16H25NSSi/c1-19(2,3)18-16-12-8-7-9-14(16)13-17-15-10-5-4-6-11-15/h7-9,12-13,15H,4-6,10-11H2,1-3H3. The molecule has 1 saturated carbocycles. The van der Waals surface area contributed by atoms with Gasteiger partial charge in [0, 0.05) is 22.7 Å². The van der Waals surface area contributed by atoms with Gasteiger partial charge in [0.1, 0.15) is 7.22 Å². The summed E-state index contributed by atoms with van der Waals surface area (Å²) < 4.78 is 0. The maximum absolute atomic E-state index is 4.82. The van der Waals surface area contributed by atoms with Crippen molar-refractivity contribution in [3.05, 3.63) is 29.8 Å². The first-order valence-corrected chi connectivity index (χ1v) is 12.4. The van der Waals surface area contributed by atoms with Crippen LogP contribution in [0.25, 0.3) is 0 Å². The highest BCUT2D eigenvalue weighted by atomic mass is 32.4. The molecule has 1 fully saturated rings. The molecule has 1 nitrogen and oxygen atoms in total. The lowest BCUT2D eigenvalue weighted by molar-refractivity contribution is 0.444. The number of hydrogen-bond acceptors (Lipinski definition) is 2. The smallest absolute Gasteiger partial charge is 0.114 e. The Morgan fingerprint density at radius 1 is 1.11 bits per heavy atom. The van der Waals surface area contributed by atoms with Gasteiger partial charge in [0.05, 0.1) is 0 Å². The van der Waals surface area contributed by atoms with Crippen LogP contribution in [0.4, 0.5) is 0 Å². The molecule has 0 radical (unpaired) electrons. The molecule has 0 heterocycles. The highest BCUT2D eigenvalue weighted by Crippen LogP contribution is 2.31. The Morgan fingerprint density at radius 2 is 1.79 bits per heavy atom. The maximum Gasteiger partial charge on any atom is 0.114 e. The number of nitrogens with zero attached hydrogens (tertiary/aromatic N) is 1. The molecular formula is C16H25NSSi. The van der Waals surface area contributed by atoms with Crippen LogP contribution in [-0.4, -0.2) is 19.5 Å². The monoisotopic (exact) mass is 291 g/mol. The quantitative estimate of drug-likeness (QED) is 0.537. The molecule has 19 heavy (non-hydrogen) atoms. The summed E-state index contributed by atoms with van der Waals surface area (Å²) in [4.78, 5) is 6.23. The summed E-state index contributed by atoms with van der Waals surface area (Å²) in [5, 5.41) is 0. The predicted molar refractivity (Wildman–Crippen MR) is 90.1 cm³/mol. The first kappa shape index (κ1) is 14.9.